The summed E-state index contributed by atoms with van der Waals surface area (Å²) in [5.74, 6) is -6.35. The minimum Gasteiger partial charge on any atom is -0.477 e. The summed E-state index contributed by atoms with van der Waals surface area (Å²) in [5.41, 5.74) is 0. The molecular formula is C6H8BrF4NO2. The van der Waals surface area contributed by atoms with Crippen molar-refractivity contribution in [3.63, 3.8) is 0 Å². The van der Waals surface area contributed by atoms with Crippen LogP contribution in [-0.2, 0) is 4.79 Å². The molecule has 0 atom stereocenters. The first-order chi connectivity index (χ1) is 6.04. The molecule has 1 N–H and O–H groups in total. The van der Waals surface area contributed by atoms with Gasteiger partial charge in [0.05, 0.1) is 13.1 Å². The molecule has 8 heteroatoms. The van der Waals surface area contributed by atoms with E-state index < -0.39 is 29.8 Å². The van der Waals surface area contributed by atoms with Gasteiger partial charge in [-0.1, -0.05) is 0 Å². The van der Waals surface area contributed by atoms with E-state index in [9.17, 15) is 22.4 Å². The van der Waals surface area contributed by atoms with E-state index in [-0.39, 0.29) is 0 Å². The van der Waals surface area contributed by atoms with E-state index in [0.29, 0.717) is 4.90 Å². The van der Waals surface area contributed by atoms with E-state index in [4.69, 9.17) is 5.11 Å². The van der Waals surface area contributed by atoms with Crippen LogP contribution < -0.4 is 0 Å². The maximum absolute atomic E-state index is 12.5. The quantitative estimate of drug-likeness (QED) is 0.615. The van der Waals surface area contributed by atoms with Crippen LogP contribution in [0.5, 0.6) is 0 Å². The van der Waals surface area contributed by atoms with Crippen molar-refractivity contribution in [1.29, 1.82) is 0 Å². The Labute approximate surface area is 85.8 Å². The predicted octanol–water partition coefficient (Wildman–Crippen LogP) is 1.63. The second-order valence-electron chi connectivity index (χ2n) is 2.80. The van der Waals surface area contributed by atoms with Gasteiger partial charge in [0.25, 0.3) is 0 Å². The standard InChI is InChI=1S/C6H8BrF4NO2/c1-12(3-6(7,10)11)2-5(8,9)4(13)14/h2-3H2,1H3,(H,13,14). The predicted molar refractivity (Wildman–Crippen MR) is 44.0 cm³/mol. The van der Waals surface area contributed by atoms with Gasteiger partial charge in [-0.2, -0.15) is 17.6 Å². The maximum Gasteiger partial charge on any atom is 0.375 e. The molecule has 14 heavy (non-hydrogen) atoms. The molecule has 0 aromatic heterocycles. The summed E-state index contributed by atoms with van der Waals surface area (Å²) in [7, 11) is 0.978. The zero-order chi connectivity index (χ0) is 11.6. The number of carboxylic acid groups (broad SMARTS) is 1. The van der Waals surface area contributed by atoms with E-state index >= 15 is 0 Å². The minimum absolute atomic E-state index is 0.531. The summed E-state index contributed by atoms with van der Waals surface area (Å²) in [5, 5.41) is 8.01. The lowest BCUT2D eigenvalue weighted by molar-refractivity contribution is -0.167. The van der Waals surface area contributed by atoms with E-state index in [0.717, 1.165) is 7.05 Å². The molecule has 0 aliphatic heterocycles. The maximum atomic E-state index is 12.5. The molecule has 0 rings (SSSR count). The minimum atomic E-state index is -4.02. The molecule has 3 nitrogen and oxygen atoms in total. The van der Waals surface area contributed by atoms with Crippen LogP contribution in [0.4, 0.5) is 17.6 Å². The molecule has 0 aromatic rings. The molecule has 0 saturated carbocycles. The van der Waals surface area contributed by atoms with Crippen LogP contribution in [0, 0.1) is 0 Å². The largest absolute Gasteiger partial charge is 0.477 e. The van der Waals surface area contributed by atoms with Crippen LogP contribution in [0.25, 0.3) is 0 Å². The van der Waals surface area contributed by atoms with Gasteiger partial charge >= 0.3 is 16.7 Å². The number of hydrogen-bond acceptors (Lipinski definition) is 2. The van der Waals surface area contributed by atoms with Crippen molar-refractivity contribution in [3.8, 4) is 0 Å². The second kappa shape index (κ2) is 4.43. The highest BCUT2D eigenvalue weighted by atomic mass is 79.9. The third kappa shape index (κ3) is 5.38. The van der Waals surface area contributed by atoms with Crippen molar-refractivity contribution in [1.82, 2.24) is 4.90 Å². The van der Waals surface area contributed by atoms with Crippen LogP contribution >= 0.6 is 15.9 Å². The van der Waals surface area contributed by atoms with Gasteiger partial charge in [0.15, 0.2) is 0 Å². The Balaban J connectivity index is 4.19. The van der Waals surface area contributed by atoms with Gasteiger partial charge in [-0.05, 0) is 23.0 Å². The molecule has 0 aromatic carbocycles. The molecule has 0 fully saturated rings. The lowest BCUT2D eigenvalue weighted by atomic mass is 10.3. The molecule has 84 valence electrons. The van der Waals surface area contributed by atoms with Gasteiger partial charge in [-0.25, -0.2) is 4.79 Å². The second-order valence-corrected chi connectivity index (χ2v) is 3.96. The van der Waals surface area contributed by atoms with Crippen molar-refractivity contribution >= 4 is 21.9 Å². The normalized spacial score (nSPS) is 13.4. The highest BCUT2D eigenvalue weighted by Crippen LogP contribution is 2.24. The highest BCUT2D eigenvalue weighted by molar-refractivity contribution is 9.10. The van der Waals surface area contributed by atoms with Crippen molar-refractivity contribution < 1.29 is 27.5 Å². The fourth-order valence-electron chi connectivity index (χ4n) is 0.769. The third-order valence-electron chi connectivity index (χ3n) is 1.23. The molecule has 0 spiro atoms. The van der Waals surface area contributed by atoms with Gasteiger partial charge in [0, 0.05) is 0 Å². The Bertz CT molecular complexity index is 218. The monoisotopic (exact) mass is 281 g/mol. The van der Waals surface area contributed by atoms with Crippen LogP contribution in [-0.4, -0.2) is 46.9 Å². The number of nitrogens with zero attached hydrogens (tertiary/aromatic N) is 1. The van der Waals surface area contributed by atoms with Gasteiger partial charge in [0.2, 0.25) is 0 Å². The molecule has 0 amide bonds. The smallest absolute Gasteiger partial charge is 0.375 e. The Morgan fingerprint density at radius 3 is 2.07 bits per heavy atom. The Morgan fingerprint density at radius 2 is 1.79 bits per heavy atom. The van der Waals surface area contributed by atoms with Crippen LogP contribution in [0.2, 0.25) is 0 Å². The average molecular weight is 282 g/mol. The summed E-state index contributed by atoms with van der Waals surface area (Å²) in [4.78, 5) is 7.17. The molecule has 0 aliphatic carbocycles. The Kier molecular flexibility index (Phi) is 4.32. The zero-order valence-corrected chi connectivity index (χ0v) is 8.69. The fourth-order valence-corrected chi connectivity index (χ4v) is 1.20. The van der Waals surface area contributed by atoms with Crippen molar-refractivity contribution in [2.24, 2.45) is 0 Å². The first-order valence-electron chi connectivity index (χ1n) is 3.41. The van der Waals surface area contributed by atoms with Gasteiger partial charge in [-0.15, -0.1) is 0 Å². The molecule has 0 radical (unpaired) electrons. The lowest BCUT2D eigenvalue weighted by Crippen LogP contribution is -2.43. The molecular weight excluding hydrogens is 274 g/mol. The highest BCUT2D eigenvalue weighted by Gasteiger charge is 2.41. The van der Waals surface area contributed by atoms with E-state index in [1.54, 1.807) is 0 Å². The average Bonchev–Trinajstić information content (AvgIpc) is 1.79. The molecule has 0 saturated heterocycles. The van der Waals surface area contributed by atoms with Crippen LogP contribution in [0.15, 0.2) is 0 Å². The number of carbonyl (C=O) groups is 1. The van der Waals surface area contributed by atoms with E-state index in [1.807, 2.05) is 15.9 Å². The van der Waals surface area contributed by atoms with Crippen LogP contribution in [0.3, 0.4) is 0 Å². The number of alkyl halides is 5. The summed E-state index contributed by atoms with van der Waals surface area (Å²) >= 11 is 1.96. The van der Waals surface area contributed by atoms with Gasteiger partial charge in [-0.3, -0.25) is 4.90 Å². The van der Waals surface area contributed by atoms with E-state index in [1.165, 1.54) is 0 Å². The zero-order valence-electron chi connectivity index (χ0n) is 7.11. The fraction of sp³-hybridized carbons (Fsp3) is 0.833. The summed E-state index contributed by atoms with van der Waals surface area (Å²) in [6, 6.07) is 0. The van der Waals surface area contributed by atoms with Crippen LogP contribution in [0.1, 0.15) is 0 Å². The molecule has 0 unspecified atom stereocenters. The first-order valence-corrected chi connectivity index (χ1v) is 4.20. The summed E-state index contributed by atoms with van der Waals surface area (Å²) in [6.07, 6.45) is 0. The number of carboxylic acids is 1. The first kappa shape index (κ1) is 13.6. The topological polar surface area (TPSA) is 40.5 Å². The number of rotatable bonds is 5. The molecule has 0 bridgehead atoms. The number of aliphatic carboxylic acids is 1. The van der Waals surface area contributed by atoms with Crippen molar-refractivity contribution in [2.45, 2.75) is 10.8 Å². The molecule has 0 heterocycles. The summed E-state index contributed by atoms with van der Waals surface area (Å²) in [6.45, 7) is -2.25. The third-order valence-corrected chi connectivity index (χ3v) is 1.48. The van der Waals surface area contributed by atoms with Crippen molar-refractivity contribution in [3.05, 3.63) is 0 Å². The number of halogens is 5. The lowest BCUT2D eigenvalue weighted by Gasteiger charge is -2.22. The van der Waals surface area contributed by atoms with Gasteiger partial charge in [0.1, 0.15) is 0 Å². The molecule has 0 aliphatic rings. The summed E-state index contributed by atoms with van der Waals surface area (Å²) < 4.78 is 49.4. The Hall–Kier alpha value is -0.370. The SMILES string of the molecule is CN(CC(F)(F)Br)CC(F)(F)C(=O)O. The Morgan fingerprint density at radius 1 is 1.36 bits per heavy atom. The van der Waals surface area contributed by atoms with Gasteiger partial charge < -0.3 is 5.11 Å². The number of hydrogen-bond donors (Lipinski definition) is 1. The van der Waals surface area contributed by atoms with E-state index in [2.05, 4.69) is 0 Å². The van der Waals surface area contributed by atoms with Crippen molar-refractivity contribution in [2.75, 3.05) is 20.1 Å².